The first-order chi connectivity index (χ1) is 15.1. The summed E-state index contributed by atoms with van der Waals surface area (Å²) in [7, 11) is -3.53. The smallest absolute Gasteiger partial charge is 0.369 e. The van der Waals surface area contributed by atoms with Crippen molar-refractivity contribution in [3.63, 3.8) is 0 Å². The van der Waals surface area contributed by atoms with Crippen LogP contribution in [-0.2, 0) is 26.7 Å². The maximum absolute atomic E-state index is 12.9. The average molecular weight is 497 g/mol. The van der Waals surface area contributed by atoms with Crippen molar-refractivity contribution < 1.29 is 44.7 Å². The summed E-state index contributed by atoms with van der Waals surface area (Å²) in [5.74, 6) is -0.685. The summed E-state index contributed by atoms with van der Waals surface area (Å²) >= 11 is 0. The number of aromatic nitrogens is 2. The number of alkyl halides is 6. The molecule has 0 radical (unpaired) electrons. The molecule has 1 amide bonds. The van der Waals surface area contributed by atoms with Crippen molar-refractivity contribution in [3.8, 4) is 0 Å². The summed E-state index contributed by atoms with van der Waals surface area (Å²) in [6.45, 7) is 0. The molecule has 0 saturated heterocycles. The number of carbonyl (C=O) groups excluding carboxylic acids is 1. The van der Waals surface area contributed by atoms with Gasteiger partial charge in [-0.15, -0.1) is 0 Å². The van der Waals surface area contributed by atoms with Crippen LogP contribution in [0, 0.1) is 5.92 Å². The van der Waals surface area contributed by atoms with E-state index in [0.29, 0.717) is 12.1 Å². The molecule has 1 aliphatic carbocycles. The van der Waals surface area contributed by atoms with Gasteiger partial charge in [-0.2, -0.15) is 26.3 Å². The van der Waals surface area contributed by atoms with Crippen LogP contribution in [0.2, 0.25) is 0 Å². The number of rotatable bonds is 7. The van der Waals surface area contributed by atoms with E-state index in [1.54, 1.807) is 0 Å². The fraction of sp³-hybridized carbons (Fsp3) is 0.421. The zero-order chi connectivity index (χ0) is 24.7. The number of hydrogen-bond acceptors (Lipinski definition) is 6. The molecule has 2 N–H and O–H groups in total. The van der Waals surface area contributed by atoms with Gasteiger partial charge in [-0.25, -0.2) is 18.4 Å². The van der Waals surface area contributed by atoms with Crippen molar-refractivity contribution in [1.82, 2.24) is 9.97 Å². The van der Waals surface area contributed by atoms with Crippen LogP contribution in [0.25, 0.3) is 0 Å². The van der Waals surface area contributed by atoms with Gasteiger partial charge in [-0.05, 0) is 30.9 Å². The normalized spacial score (nSPS) is 15.4. The first-order valence-corrected chi connectivity index (χ1v) is 11.1. The average Bonchev–Trinajstić information content (AvgIpc) is 3.50. The molecule has 3 rings (SSSR count). The highest BCUT2D eigenvalue weighted by atomic mass is 32.2. The molecular formula is C19H17F6N3O4S. The molecule has 1 aliphatic rings. The van der Waals surface area contributed by atoms with Crippen LogP contribution < -0.4 is 5.32 Å². The van der Waals surface area contributed by atoms with Gasteiger partial charge in [0.05, 0.1) is 12.2 Å². The summed E-state index contributed by atoms with van der Waals surface area (Å²) in [5, 5.41) is 11.6. The third-order valence-electron chi connectivity index (χ3n) is 4.92. The van der Waals surface area contributed by atoms with Crippen LogP contribution in [-0.4, -0.2) is 47.5 Å². The molecule has 33 heavy (non-hydrogen) atoms. The van der Waals surface area contributed by atoms with E-state index in [1.165, 1.54) is 0 Å². The SMILES string of the molecule is O=C(Cc1ncc(S(=O)(=O)CC2CC2)cn1)Nc1ccc(C(O)(C(F)(F)F)C(F)(F)F)cc1. The highest BCUT2D eigenvalue weighted by molar-refractivity contribution is 7.91. The maximum atomic E-state index is 12.9. The topological polar surface area (TPSA) is 109 Å². The predicted molar refractivity (Wildman–Crippen MR) is 102 cm³/mol. The molecule has 1 aromatic carbocycles. The summed E-state index contributed by atoms with van der Waals surface area (Å²) in [5.41, 5.74) is -6.68. The van der Waals surface area contributed by atoms with E-state index in [4.69, 9.17) is 0 Å². The Morgan fingerprint density at radius 2 is 1.52 bits per heavy atom. The minimum absolute atomic E-state index is 0.00993. The number of aliphatic hydroxyl groups is 1. The Bertz CT molecular complexity index is 1100. The first kappa shape index (κ1) is 24.9. The molecule has 2 aromatic rings. The van der Waals surface area contributed by atoms with Crippen LogP contribution in [0.15, 0.2) is 41.6 Å². The molecule has 180 valence electrons. The molecule has 7 nitrogen and oxygen atoms in total. The monoisotopic (exact) mass is 497 g/mol. The van der Waals surface area contributed by atoms with Crippen molar-refractivity contribution in [2.45, 2.75) is 42.1 Å². The largest absolute Gasteiger partial charge is 0.430 e. The molecular weight excluding hydrogens is 480 g/mol. The van der Waals surface area contributed by atoms with E-state index >= 15 is 0 Å². The number of nitrogens with zero attached hydrogens (tertiary/aromatic N) is 2. The molecule has 1 heterocycles. The maximum Gasteiger partial charge on any atom is 0.430 e. The van der Waals surface area contributed by atoms with Crippen LogP contribution in [0.1, 0.15) is 24.2 Å². The van der Waals surface area contributed by atoms with E-state index in [-0.39, 0.29) is 28.1 Å². The van der Waals surface area contributed by atoms with E-state index < -0.39 is 45.7 Å². The molecule has 1 saturated carbocycles. The third kappa shape index (κ3) is 5.43. The lowest BCUT2D eigenvalue weighted by molar-refractivity contribution is -0.376. The summed E-state index contributed by atoms with van der Waals surface area (Å²) in [6.07, 6.45) is -8.67. The van der Waals surface area contributed by atoms with E-state index in [1.807, 2.05) is 0 Å². The summed E-state index contributed by atoms with van der Waals surface area (Å²) in [4.78, 5) is 19.7. The Kier molecular flexibility index (Phi) is 6.45. The van der Waals surface area contributed by atoms with Gasteiger partial charge >= 0.3 is 12.4 Å². The zero-order valence-corrected chi connectivity index (χ0v) is 17.4. The minimum atomic E-state index is -6.02. The van der Waals surface area contributed by atoms with Crippen LogP contribution in [0.3, 0.4) is 0 Å². The summed E-state index contributed by atoms with van der Waals surface area (Å²) < 4.78 is 102. The van der Waals surface area contributed by atoms with Gasteiger partial charge < -0.3 is 10.4 Å². The second kappa shape index (κ2) is 8.56. The molecule has 1 aromatic heterocycles. The number of carbonyl (C=O) groups is 1. The molecule has 0 aliphatic heterocycles. The number of halogens is 6. The Morgan fingerprint density at radius 3 is 1.97 bits per heavy atom. The molecule has 0 unspecified atom stereocenters. The molecule has 1 fully saturated rings. The number of sulfone groups is 1. The van der Waals surface area contributed by atoms with E-state index in [2.05, 4.69) is 15.3 Å². The lowest BCUT2D eigenvalue weighted by atomic mass is 9.92. The Hall–Kier alpha value is -2.74. The molecule has 0 bridgehead atoms. The van der Waals surface area contributed by atoms with Gasteiger partial charge in [-0.1, -0.05) is 12.1 Å². The van der Waals surface area contributed by atoms with Gasteiger partial charge in [0.15, 0.2) is 9.84 Å². The zero-order valence-electron chi connectivity index (χ0n) is 16.6. The quantitative estimate of drug-likeness (QED) is 0.569. The highest BCUT2D eigenvalue weighted by Gasteiger charge is 2.71. The van der Waals surface area contributed by atoms with Gasteiger partial charge in [-0.3, -0.25) is 4.79 Å². The Balaban J connectivity index is 1.66. The van der Waals surface area contributed by atoms with Crippen LogP contribution in [0.4, 0.5) is 32.0 Å². The Labute approximate surface area is 183 Å². The second-order valence-electron chi connectivity index (χ2n) is 7.57. The van der Waals surface area contributed by atoms with Crippen LogP contribution >= 0.6 is 0 Å². The number of benzene rings is 1. The van der Waals surface area contributed by atoms with E-state index in [0.717, 1.165) is 37.4 Å². The number of hydrogen-bond donors (Lipinski definition) is 2. The van der Waals surface area contributed by atoms with Gasteiger partial charge in [0.2, 0.25) is 5.91 Å². The fourth-order valence-electron chi connectivity index (χ4n) is 2.92. The van der Waals surface area contributed by atoms with Crippen molar-refractivity contribution in [3.05, 3.63) is 48.0 Å². The number of nitrogens with one attached hydrogen (secondary N) is 1. The summed E-state index contributed by atoms with van der Waals surface area (Å²) in [6, 6.07) is 2.33. The molecule has 0 atom stereocenters. The molecule has 0 spiro atoms. The van der Waals surface area contributed by atoms with Crippen molar-refractivity contribution in [1.29, 1.82) is 0 Å². The minimum Gasteiger partial charge on any atom is -0.369 e. The Morgan fingerprint density at radius 1 is 1.00 bits per heavy atom. The number of amides is 1. The number of anilines is 1. The predicted octanol–water partition coefficient (Wildman–Crippen LogP) is 3.15. The molecule has 14 heteroatoms. The van der Waals surface area contributed by atoms with Gasteiger partial charge in [0, 0.05) is 23.6 Å². The lowest BCUT2D eigenvalue weighted by Crippen LogP contribution is -2.53. The standard InChI is InChI=1S/C19H17F6N3O4S/c20-18(21,22)17(30,19(23,24)25)12-3-5-13(6-4-12)28-16(29)7-15-26-8-14(9-27-15)33(31,32)10-11-1-2-11/h3-6,8-9,11,30H,1-2,7,10H2,(H,28,29). The third-order valence-corrected chi connectivity index (χ3v) is 6.76. The fourth-order valence-corrected chi connectivity index (χ4v) is 4.49. The highest BCUT2D eigenvalue weighted by Crippen LogP contribution is 2.50. The van der Waals surface area contributed by atoms with Gasteiger partial charge in [0.25, 0.3) is 5.60 Å². The van der Waals surface area contributed by atoms with Crippen molar-refractivity contribution in [2.75, 3.05) is 11.1 Å². The van der Waals surface area contributed by atoms with Crippen molar-refractivity contribution in [2.24, 2.45) is 5.92 Å². The van der Waals surface area contributed by atoms with Gasteiger partial charge in [0.1, 0.15) is 10.7 Å². The first-order valence-electron chi connectivity index (χ1n) is 9.43. The van der Waals surface area contributed by atoms with E-state index in [9.17, 15) is 44.7 Å². The van der Waals surface area contributed by atoms with Crippen molar-refractivity contribution >= 4 is 21.4 Å². The lowest BCUT2D eigenvalue weighted by Gasteiger charge is -2.32. The second-order valence-corrected chi connectivity index (χ2v) is 9.60. The van der Waals surface area contributed by atoms with Crippen LogP contribution in [0.5, 0.6) is 0 Å².